The monoisotopic (exact) mass is 291 g/mol. The van der Waals surface area contributed by atoms with Crippen molar-refractivity contribution in [1.82, 2.24) is 0 Å². The molecule has 2 aromatic carbocycles. The quantitative estimate of drug-likeness (QED) is 0.884. The molecular weight excluding hydrogens is 273 g/mol. The lowest BCUT2D eigenvalue weighted by molar-refractivity contribution is 0.475. The van der Waals surface area contributed by atoms with Crippen molar-refractivity contribution in [3.8, 4) is 0 Å². The molecule has 0 aliphatic carbocycles. The van der Waals surface area contributed by atoms with Crippen LogP contribution in [0.1, 0.15) is 29.2 Å². The summed E-state index contributed by atoms with van der Waals surface area (Å²) >= 11 is 6.08. The van der Waals surface area contributed by atoms with Crippen LogP contribution < -0.4 is 5.73 Å². The lowest BCUT2D eigenvalue weighted by Crippen LogP contribution is -2.36. The molecule has 2 rings (SSSR count). The zero-order valence-electron chi connectivity index (χ0n) is 12.0. The van der Waals surface area contributed by atoms with Gasteiger partial charge in [-0.05, 0) is 56.0 Å². The number of aryl methyl sites for hydroxylation is 2. The first kappa shape index (κ1) is 15.0. The lowest BCUT2D eigenvalue weighted by atomic mass is 9.85. The van der Waals surface area contributed by atoms with Crippen LogP contribution >= 0.6 is 11.6 Å². The molecule has 2 aromatic rings. The maximum atomic E-state index is 13.9. The third-order valence-corrected chi connectivity index (χ3v) is 4.13. The van der Waals surface area contributed by atoms with E-state index in [1.807, 2.05) is 26.0 Å². The molecule has 20 heavy (non-hydrogen) atoms. The highest BCUT2D eigenvalue weighted by Gasteiger charge is 2.25. The van der Waals surface area contributed by atoms with E-state index in [0.29, 0.717) is 17.0 Å². The van der Waals surface area contributed by atoms with E-state index in [1.54, 1.807) is 12.1 Å². The highest BCUT2D eigenvalue weighted by molar-refractivity contribution is 6.31. The predicted octanol–water partition coefficient (Wildman–Crippen LogP) is 4.51. The van der Waals surface area contributed by atoms with Crippen molar-refractivity contribution in [1.29, 1.82) is 0 Å². The van der Waals surface area contributed by atoms with Crippen molar-refractivity contribution in [3.63, 3.8) is 0 Å². The fourth-order valence-electron chi connectivity index (χ4n) is 2.27. The summed E-state index contributed by atoms with van der Waals surface area (Å²) in [5, 5.41) is 0.422. The molecule has 0 aliphatic heterocycles. The summed E-state index contributed by atoms with van der Waals surface area (Å²) in [5.74, 6) is -0.307. The summed E-state index contributed by atoms with van der Waals surface area (Å²) in [7, 11) is 0. The molecule has 0 bridgehead atoms. The molecule has 1 atom stereocenters. The number of rotatable bonds is 3. The highest BCUT2D eigenvalue weighted by Crippen LogP contribution is 2.29. The second kappa shape index (κ2) is 5.55. The minimum Gasteiger partial charge on any atom is -0.321 e. The first-order valence-electron chi connectivity index (χ1n) is 6.61. The molecule has 0 heterocycles. The van der Waals surface area contributed by atoms with Crippen LogP contribution in [0.4, 0.5) is 4.39 Å². The summed E-state index contributed by atoms with van der Waals surface area (Å²) in [4.78, 5) is 0. The van der Waals surface area contributed by atoms with E-state index in [1.165, 1.54) is 17.2 Å². The second-order valence-electron chi connectivity index (χ2n) is 5.59. The van der Waals surface area contributed by atoms with Gasteiger partial charge in [0, 0.05) is 16.1 Å². The fraction of sp³-hybridized carbons (Fsp3) is 0.294. The van der Waals surface area contributed by atoms with Crippen molar-refractivity contribution in [2.24, 2.45) is 5.73 Å². The Morgan fingerprint density at radius 3 is 2.45 bits per heavy atom. The van der Waals surface area contributed by atoms with Crippen LogP contribution in [0, 0.1) is 19.7 Å². The minimum absolute atomic E-state index is 0.307. The molecule has 0 saturated carbocycles. The largest absolute Gasteiger partial charge is 0.321 e. The van der Waals surface area contributed by atoms with Crippen molar-refractivity contribution < 1.29 is 4.39 Å². The summed E-state index contributed by atoms with van der Waals surface area (Å²) < 4.78 is 13.9. The molecule has 0 spiro atoms. The Hall–Kier alpha value is -1.38. The zero-order chi connectivity index (χ0) is 14.9. The fourth-order valence-corrected chi connectivity index (χ4v) is 2.50. The zero-order valence-corrected chi connectivity index (χ0v) is 12.8. The Labute approximate surface area is 124 Å². The van der Waals surface area contributed by atoms with E-state index in [-0.39, 0.29) is 5.82 Å². The van der Waals surface area contributed by atoms with Crippen LogP contribution in [0.25, 0.3) is 0 Å². The molecule has 3 heteroatoms. The molecule has 0 aliphatic rings. The van der Waals surface area contributed by atoms with Gasteiger partial charge in [-0.3, -0.25) is 0 Å². The van der Waals surface area contributed by atoms with Gasteiger partial charge in [-0.15, -0.1) is 0 Å². The molecule has 1 nitrogen and oxygen atoms in total. The number of hydrogen-bond donors (Lipinski definition) is 1. The van der Waals surface area contributed by atoms with Crippen molar-refractivity contribution >= 4 is 11.6 Å². The Morgan fingerprint density at radius 1 is 1.15 bits per heavy atom. The third kappa shape index (κ3) is 3.02. The van der Waals surface area contributed by atoms with Crippen LogP contribution in [-0.2, 0) is 12.0 Å². The van der Waals surface area contributed by atoms with Gasteiger partial charge in [0.1, 0.15) is 5.82 Å². The van der Waals surface area contributed by atoms with Gasteiger partial charge in [-0.25, -0.2) is 4.39 Å². The average Bonchev–Trinajstić information content (AvgIpc) is 2.37. The summed E-state index contributed by atoms with van der Waals surface area (Å²) in [6.45, 7) is 6.01. The van der Waals surface area contributed by atoms with Gasteiger partial charge in [0.15, 0.2) is 0 Å². The molecule has 0 fully saturated rings. The van der Waals surface area contributed by atoms with Gasteiger partial charge in [0.05, 0.1) is 0 Å². The van der Waals surface area contributed by atoms with E-state index in [0.717, 1.165) is 5.56 Å². The number of benzene rings is 2. The third-order valence-electron chi connectivity index (χ3n) is 3.77. The molecule has 0 amide bonds. The van der Waals surface area contributed by atoms with Crippen LogP contribution in [0.3, 0.4) is 0 Å². The van der Waals surface area contributed by atoms with Gasteiger partial charge in [-0.1, -0.05) is 35.9 Å². The van der Waals surface area contributed by atoms with Gasteiger partial charge >= 0.3 is 0 Å². The lowest BCUT2D eigenvalue weighted by Gasteiger charge is -2.27. The van der Waals surface area contributed by atoms with E-state index in [2.05, 4.69) is 13.0 Å². The average molecular weight is 292 g/mol. The summed E-state index contributed by atoms with van der Waals surface area (Å²) in [6.07, 6.45) is 0.362. The Morgan fingerprint density at radius 2 is 1.85 bits per heavy atom. The molecule has 2 N–H and O–H groups in total. The molecule has 106 valence electrons. The molecule has 0 saturated heterocycles. The van der Waals surface area contributed by atoms with Crippen LogP contribution in [0.5, 0.6) is 0 Å². The minimum atomic E-state index is -0.662. The van der Waals surface area contributed by atoms with Crippen LogP contribution in [0.2, 0.25) is 5.02 Å². The molecular formula is C17H19ClFN. The molecule has 1 unspecified atom stereocenters. The number of nitrogens with two attached hydrogens (primary N) is 1. The molecule has 0 radical (unpaired) electrons. The van der Waals surface area contributed by atoms with Crippen molar-refractivity contribution in [2.45, 2.75) is 32.7 Å². The topological polar surface area (TPSA) is 26.0 Å². The van der Waals surface area contributed by atoms with Crippen molar-refractivity contribution in [2.75, 3.05) is 0 Å². The van der Waals surface area contributed by atoms with Crippen LogP contribution in [-0.4, -0.2) is 0 Å². The number of halogens is 2. The van der Waals surface area contributed by atoms with Crippen molar-refractivity contribution in [3.05, 3.63) is 69.5 Å². The second-order valence-corrected chi connectivity index (χ2v) is 6.00. The summed E-state index contributed by atoms with van der Waals surface area (Å²) in [5.41, 5.74) is 9.59. The summed E-state index contributed by atoms with van der Waals surface area (Å²) in [6, 6.07) is 10.8. The highest BCUT2D eigenvalue weighted by atomic mass is 35.5. The van der Waals surface area contributed by atoms with Gasteiger partial charge in [-0.2, -0.15) is 0 Å². The maximum absolute atomic E-state index is 13.9. The first-order valence-corrected chi connectivity index (χ1v) is 6.98. The predicted molar refractivity (Wildman–Crippen MR) is 82.6 cm³/mol. The smallest absolute Gasteiger partial charge is 0.127 e. The SMILES string of the molecule is Cc1ccc(C(C)(N)Cc2c(F)cccc2Cl)cc1C. The number of hydrogen-bond acceptors (Lipinski definition) is 1. The van der Waals surface area contributed by atoms with Gasteiger partial charge in [0.2, 0.25) is 0 Å². The Kier molecular flexibility index (Phi) is 4.17. The maximum Gasteiger partial charge on any atom is 0.127 e. The molecule has 0 aromatic heterocycles. The Bertz CT molecular complexity index is 615. The first-order chi connectivity index (χ1) is 9.31. The van der Waals surface area contributed by atoms with Crippen LogP contribution in [0.15, 0.2) is 36.4 Å². The van der Waals surface area contributed by atoms with Gasteiger partial charge in [0.25, 0.3) is 0 Å². The Balaban J connectivity index is 2.37. The van der Waals surface area contributed by atoms with E-state index < -0.39 is 5.54 Å². The normalized spacial score (nSPS) is 14.1. The van der Waals surface area contributed by atoms with E-state index in [9.17, 15) is 4.39 Å². The van der Waals surface area contributed by atoms with E-state index >= 15 is 0 Å². The standard InChI is InChI=1S/C17H19ClFN/c1-11-7-8-13(9-12(11)2)17(3,20)10-14-15(18)5-4-6-16(14)19/h4-9H,10,20H2,1-3H3. The van der Waals surface area contributed by atoms with E-state index in [4.69, 9.17) is 17.3 Å². The van der Waals surface area contributed by atoms with Gasteiger partial charge < -0.3 is 5.73 Å².